The predicted octanol–water partition coefficient (Wildman–Crippen LogP) is 2.86. The molecule has 9 heteroatoms. The average Bonchev–Trinajstić information content (AvgIpc) is 2.84. The molecule has 8 nitrogen and oxygen atoms in total. The van der Waals surface area contributed by atoms with Crippen LogP contribution in [0.2, 0.25) is 0 Å². The van der Waals surface area contributed by atoms with E-state index in [1.54, 1.807) is 62.2 Å². The van der Waals surface area contributed by atoms with Crippen molar-refractivity contribution in [3.05, 3.63) is 48.0 Å². The van der Waals surface area contributed by atoms with Gasteiger partial charge in [0.05, 0.1) is 24.8 Å². The van der Waals surface area contributed by atoms with Crippen LogP contribution < -0.4 is 4.74 Å². The van der Waals surface area contributed by atoms with Gasteiger partial charge in [0.25, 0.3) is 0 Å². The molecule has 1 aliphatic rings. The lowest BCUT2D eigenvalue weighted by atomic mass is 10.0. The summed E-state index contributed by atoms with van der Waals surface area (Å²) in [4.78, 5) is 13.8. The molecule has 2 aromatic rings. The van der Waals surface area contributed by atoms with Gasteiger partial charge in [-0.15, -0.1) is 0 Å². The first-order valence-electron chi connectivity index (χ1n) is 11.3. The predicted molar refractivity (Wildman–Crippen MR) is 129 cm³/mol. The molecular formula is C25H31N3O5S. The number of ether oxygens (including phenoxy) is 1. The van der Waals surface area contributed by atoms with E-state index in [0.717, 1.165) is 11.1 Å². The second-order valence-corrected chi connectivity index (χ2v) is 10.6. The first kappa shape index (κ1) is 25.7. The van der Waals surface area contributed by atoms with Crippen molar-refractivity contribution < 1.29 is 23.1 Å². The van der Waals surface area contributed by atoms with Crippen molar-refractivity contribution in [1.82, 2.24) is 9.21 Å². The van der Waals surface area contributed by atoms with E-state index in [2.05, 4.69) is 6.07 Å². The molecule has 0 saturated carbocycles. The van der Waals surface area contributed by atoms with E-state index in [4.69, 9.17) is 10.00 Å². The average molecular weight is 486 g/mol. The van der Waals surface area contributed by atoms with Crippen LogP contribution in [-0.4, -0.2) is 67.5 Å². The van der Waals surface area contributed by atoms with Crippen LogP contribution in [-0.2, 0) is 14.8 Å². The molecule has 0 aliphatic carbocycles. The number of carbonyl (C=O) groups excluding carboxylic acids is 1. The Labute approximate surface area is 201 Å². The molecule has 0 bridgehead atoms. The number of hydrogen-bond donors (Lipinski definition) is 1. The summed E-state index contributed by atoms with van der Waals surface area (Å²) in [6.07, 6.45) is -0.0987. The van der Waals surface area contributed by atoms with Crippen molar-refractivity contribution in [2.45, 2.75) is 44.2 Å². The van der Waals surface area contributed by atoms with E-state index in [-0.39, 0.29) is 35.6 Å². The Morgan fingerprint density at radius 2 is 1.91 bits per heavy atom. The summed E-state index contributed by atoms with van der Waals surface area (Å²) in [6, 6.07) is 13.4. The zero-order valence-electron chi connectivity index (χ0n) is 19.9. The summed E-state index contributed by atoms with van der Waals surface area (Å²) in [5, 5.41) is 18.8. The standard InChI is InChI=1S/C25H31N3O5S/c1-5-25(30)27(4)15-23-17(2)14-28(18(3)16-29)34(31,32)24-11-10-21(12-22(24)33-23)20-8-6-19(13-26)7-9-20/h6-12,17-18,23,29H,5,14-16H2,1-4H3/t17-,18+,23+/m0/s1. The second kappa shape index (κ2) is 10.6. The summed E-state index contributed by atoms with van der Waals surface area (Å²) in [5.41, 5.74) is 2.08. The molecule has 0 aromatic heterocycles. The van der Waals surface area contributed by atoms with Gasteiger partial charge in [0.2, 0.25) is 15.9 Å². The van der Waals surface area contributed by atoms with Gasteiger partial charge in [-0.2, -0.15) is 9.57 Å². The van der Waals surface area contributed by atoms with Crippen LogP contribution in [0.5, 0.6) is 5.75 Å². The van der Waals surface area contributed by atoms with Gasteiger partial charge >= 0.3 is 0 Å². The number of aliphatic hydroxyl groups excluding tert-OH is 1. The SMILES string of the molecule is CCC(=O)N(C)C[C@H]1Oc2cc(-c3ccc(C#N)cc3)ccc2S(=O)(=O)N([C@H](C)CO)C[C@@H]1C. The third kappa shape index (κ3) is 5.25. The van der Waals surface area contributed by atoms with E-state index in [1.165, 1.54) is 10.4 Å². The monoisotopic (exact) mass is 485 g/mol. The molecule has 0 fully saturated rings. The molecule has 0 spiro atoms. The minimum absolute atomic E-state index is 0.0200. The Morgan fingerprint density at radius 3 is 2.50 bits per heavy atom. The van der Waals surface area contributed by atoms with Crippen LogP contribution in [0.4, 0.5) is 0 Å². The fraction of sp³-hybridized carbons (Fsp3) is 0.440. The Bertz CT molecular complexity index is 1170. The Balaban J connectivity index is 2.11. The zero-order chi connectivity index (χ0) is 25.0. The molecule has 0 radical (unpaired) electrons. The first-order chi connectivity index (χ1) is 16.1. The van der Waals surface area contributed by atoms with Crippen LogP contribution in [0.3, 0.4) is 0 Å². The summed E-state index contributed by atoms with van der Waals surface area (Å²) in [5.74, 6) is -0.0777. The minimum Gasteiger partial charge on any atom is -0.487 e. The van der Waals surface area contributed by atoms with E-state index in [1.807, 2.05) is 6.92 Å². The van der Waals surface area contributed by atoms with Crippen molar-refractivity contribution in [3.63, 3.8) is 0 Å². The lowest BCUT2D eigenvalue weighted by Crippen LogP contribution is -2.50. The van der Waals surface area contributed by atoms with Crippen molar-refractivity contribution in [1.29, 1.82) is 5.26 Å². The van der Waals surface area contributed by atoms with Crippen LogP contribution >= 0.6 is 0 Å². The fourth-order valence-corrected chi connectivity index (χ4v) is 5.83. The highest BCUT2D eigenvalue weighted by molar-refractivity contribution is 7.89. The van der Waals surface area contributed by atoms with Crippen molar-refractivity contribution >= 4 is 15.9 Å². The highest BCUT2D eigenvalue weighted by atomic mass is 32.2. The molecule has 0 saturated heterocycles. The van der Waals surface area contributed by atoms with Gasteiger partial charge in [0.1, 0.15) is 16.7 Å². The number of hydrogen-bond acceptors (Lipinski definition) is 6. The lowest BCUT2D eigenvalue weighted by molar-refractivity contribution is -0.131. The van der Waals surface area contributed by atoms with Crippen LogP contribution in [0, 0.1) is 17.2 Å². The smallest absolute Gasteiger partial charge is 0.247 e. The number of amides is 1. The summed E-state index contributed by atoms with van der Waals surface area (Å²) < 4.78 is 34.8. The molecule has 1 amide bonds. The summed E-state index contributed by atoms with van der Waals surface area (Å²) in [7, 11) is -2.24. The normalized spacial score (nSPS) is 20.7. The molecule has 34 heavy (non-hydrogen) atoms. The van der Waals surface area contributed by atoms with Gasteiger partial charge in [0.15, 0.2) is 0 Å². The van der Waals surface area contributed by atoms with Crippen molar-refractivity contribution in [3.8, 4) is 22.9 Å². The molecule has 3 atom stereocenters. The number of carbonyl (C=O) groups is 1. The van der Waals surface area contributed by atoms with Crippen LogP contribution in [0.25, 0.3) is 11.1 Å². The minimum atomic E-state index is -3.94. The number of sulfonamides is 1. The molecule has 182 valence electrons. The van der Waals surface area contributed by atoms with Crippen LogP contribution in [0.1, 0.15) is 32.8 Å². The first-order valence-corrected chi connectivity index (χ1v) is 12.7. The zero-order valence-corrected chi connectivity index (χ0v) is 20.7. The number of aliphatic hydroxyl groups is 1. The van der Waals surface area contributed by atoms with Crippen LogP contribution in [0.15, 0.2) is 47.4 Å². The van der Waals surface area contributed by atoms with Gasteiger partial charge in [0, 0.05) is 32.0 Å². The number of benzene rings is 2. The highest BCUT2D eigenvalue weighted by Gasteiger charge is 2.38. The highest BCUT2D eigenvalue weighted by Crippen LogP contribution is 2.36. The molecular weight excluding hydrogens is 454 g/mol. The number of rotatable bonds is 6. The molecule has 1 N–H and O–H groups in total. The third-order valence-corrected chi connectivity index (χ3v) is 8.22. The second-order valence-electron chi connectivity index (χ2n) is 8.72. The maximum absolute atomic E-state index is 13.6. The number of nitriles is 1. The third-order valence-electron chi connectivity index (χ3n) is 6.20. The van der Waals surface area contributed by atoms with Gasteiger partial charge in [-0.05, 0) is 42.3 Å². The van der Waals surface area contributed by atoms with E-state index < -0.39 is 22.2 Å². The maximum atomic E-state index is 13.6. The van der Waals surface area contributed by atoms with Gasteiger partial charge in [-0.1, -0.05) is 32.0 Å². The summed E-state index contributed by atoms with van der Waals surface area (Å²) in [6.45, 7) is 5.48. The fourth-order valence-electron chi connectivity index (χ4n) is 4.00. The molecule has 1 aliphatic heterocycles. The Kier molecular flexibility index (Phi) is 7.97. The van der Waals surface area contributed by atoms with E-state index in [9.17, 15) is 18.3 Å². The number of fused-ring (bicyclic) bond motifs is 1. The van der Waals surface area contributed by atoms with E-state index >= 15 is 0 Å². The number of nitrogens with zero attached hydrogens (tertiary/aromatic N) is 3. The maximum Gasteiger partial charge on any atom is 0.247 e. The van der Waals surface area contributed by atoms with Crippen molar-refractivity contribution in [2.24, 2.45) is 5.92 Å². The van der Waals surface area contributed by atoms with Crippen molar-refractivity contribution in [2.75, 3.05) is 26.7 Å². The Morgan fingerprint density at radius 1 is 1.26 bits per heavy atom. The largest absolute Gasteiger partial charge is 0.487 e. The molecule has 0 unspecified atom stereocenters. The van der Waals surface area contributed by atoms with Gasteiger partial charge in [-0.25, -0.2) is 8.42 Å². The number of likely N-dealkylation sites (N-methyl/N-ethyl adjacent to an activating group) is 1. The molecule has 2 aromatic carbocycles. The Hall–Kier alpha value is -2.93. The topological polar surface area (TPSA) is 111 Å². The van der Waals surface area contributed by atoms with Gasteiger partial charge in [-0.3, -0.25) is 4.79 Å². The lowest BCUT2D eigenvalue weighted by Gasteiger charge is -2.37. The molecule has 3 rings (SSSR count). The quantitative estimate of drug-likeness (QED) is 0.674. The summed E-state index contributed by atoms with van der Waals surface area (Å²) >= 11 is 0. The molecule has 1 heterocycles. The van der Waals surface area contributed by atoms with E-state index in [0.29, 0.717) is 18.5 Å². The van der Waals surface area contributed by atoms with Gasteiger partial charge < -0.3 is 14.7 Å².